The number of amides is 1. The Kier molecular flexibility index (Phi) is 3.49. The van der Waals surface area contributed by atoms with E-state index in [2.05, 4.69) is 4.98 Å². The summed E-state index contributed by atoms with van der Waals surface area (Å²) >= 11 is 0. The minimum atomic E-state index is 0.105. The third-order valence-electron chi connectivity index (χ3n) is 4.41. The van der Waals surface area contributed by atoms with Gasteiger partial charge in [-0.1, -0.05) is 0 Å². The lowest BCUT2D eigenvalue weighted by Gasteiger charge is -2.33. The molecule has 1 aromatic heterocycles. The highest BCUT2D eigenvalue weighted by Gasteiger charge is 2.25. The number of benzene rings is 1. The summed E-state index contributed by atoms with van der Waals surface area (Å²) < 4.78 is 0. The molecule has 2 aromatic rings. The van der Waals surface area contributed by atoms with Crippen LogP contribution in [-0.2, 0) is 0 Å². The van der Waals surface area contributed by atoms with Crippen LogP contribution in [0.25, 0.3) is 10.9 Å². The molecule has 3 rings (SSSR count). The number of aromatic nitrogens is 1. The van der Waals surface area contributed by atoms with E-state index in [9.17, 15) is 4.79 Å². The maximum atomic E-state index is 12.6. The SMILES string of the molecule is CN(C(=O)c1ccc2[nH]ccc2c1)C1CCC(N)CC1. The van der Waals surface area contributed by atoms with Crippen molar-refractivity contribution in [3.05, 3.63) is 36.0 Å². The number of carbonyl (C=O) groups is 1. The summed E-state index contributed by atoms with van der Waals surface area (Å²) in [6, 6.07) is 8.44. The van der Waals surface area contributed by atoms with Crippen molar-refractivity contribution >= 4 is 16.8 Å². The van der Waals surface area contributed by atoms with E-state index >= 15 is 0 Å². The Morgan fingerprint density at radius 2 is 2.00 bits per heavy atom. The number of nitrogens with one attached hydrogen (secondary N) is 1. The van der Waals surface area contributed by atoms with Crippen molar-refractivity contribution in [1.29, 1.82) is 0 Å². The molecular weight excluding hydrogens is 250 g/mol. The molecule has 0 bridgehead atoms. The minimum absolute atomic E-state index is 0.105. The van der Waals surface area contributed by atoms with Gasteiger partial charge in [0.05, 0.1) is 0 Å². The van der Waals surface area contributed by atoms with Crippen LogP contribution >= 0.6 is 0 Å². The topological polar surface area (TPSA) is 62.1 Å². The second-order valence-electron chi connectivity index (χ2n) is 5.76. The van der Waals surface area contributed by atoms with E-state index < -0.39 is 0 Å². The molecule has 1 aliphatic rings. The van der Waals surface area contributed by atoms with Gasteiger partial charge in [-0.3, -0.25) is 4.79 Å². The van der Waals surface area contributed by atoms with Crippen LogP contribution in [0.5, 0.6) is 0 Å². The first-order valence-corrected chi connectivity index (χ1v) is 7.25. The highest BCUT2D eigenvalue weighted by molar-refractivity contribution is 5.98. The molecule has 1 aromatic carbocycles. The van der Waals surface area contributed by atoms with Crippen molar-refractivity contribution < 1.29 is 4.79 Å². The third-order valence-corrected chi connectivity index (χ3v) is 4.41. The average molecular weight is 271 g/mol. The van der Waals surface area contributed by atoms with E-state index in [1.165, 1.54) is 0 Å². The van der Waals surface area contributed by atoms with Crippen molar-refractivity contribution in [3.63, 3.8) is 0 Å². The molecule has 0 spiro atoms. The molecule has 20 heavy (non-hydrogen) atoms. The van der Waals surface area contributed by atoms with E-state index in [-0.39, 0.29) is 5.91 Å². The highest BCUT2D eigenvalue weighted by atomic mass is 16.2. The number of hydrogen-bond donors (Lipinski definition) is 2. The zero-order chi connectivity index (χ0) is 14.1. The van der Waals surface area contributed by atoms with Crippen LogP contribution in [0.3, 0.4) is 0 Å². The molecule has 1 saturated carbocycles. The molecule has 1 amide bonds. The zero-order valence-corrected chi connectivity index (χ0v) is 11.8. The lowest BCUT2D eigenvalue weighted by Crippen LogP contribution is -2.41. The van der Waals surface area contributed by atoms with Crippen LogP contribution in [0, 0.1) is 0 Å². The zero-order valence-electron chi connectivity index (χ0n) is 11.8. The number of H-pyrrole nitrogens is 1. The summed E-state index contributed by atoms with van der Waals surface area (Å²) in [6.45, 7) is 0. The van der Waals surface area contributed by atoms with Crippen molar-refractivity contribution in [1.82, 2.24) is 9.88 Å². The number of nitrogens with zero attached hydrogens (tertiary/aromatic N) is 1. The average Bonchev–Trinajstić information content (AvgIpc) is 2.94. The van der Waals surface area contributed by atoms with Gasteiger partial charge in [0.25, 0.3) is 5.91 Å². The Balaban J connectivity index is 1.77. The van der Waals surface area contributed by atoms with Crippen LogP contribution in [-0.4, -0.2) is 34.9 Å². The van der Waals surface area contributed by atoms with Gasteiger partial charge < -0.3 is 15.6 Å². The summed E-state index contributed by atoms with van der Waals surface area (Å²) in [7, 11) is 1.91. The summed E-state index contributed by atoms with van der Waals surface area (Å²) in [6.07, 6.45) is 5.94. The van der Waals surface area contributed by atoms with E-state index in [0.29, 0.717) is 12.1 Å². The van der Waals surface area contributed by atoms with E-state index in [1.54, 1.807) is 0 Å². The van der Waals surface area contributed by atoms with Crippen molar-refractivity contribution in [3.8, 4) is 0 Å². The molecule has 3 N–H and O–H groups in total. The van der Waals surface area contributed by atoms with Crippen LogP contribution in [0.1, 0.15) is 36.0 Å². The predicted molar refractivity (Wildman–Crippen MR) is 80.6 cm³/mol. The Hall–Kier alpha value is -1.81. The lowest BCUT2D eigenvalue weighted by atomic mass is 9.90. The molecule has 0 unspecified atom stereocenters. The molecule has 0 atom stereocenters. The van der Waals surface area contributed by atoms with E-state index in [0.717, 1.165) is 42.1 Å². The molecule has 0 aliphatic heterocycles. The summed E-state index contributed by atoms with van der Waals surface area (Å²) in [5.41, 5.74) is 7.75. The number of nitrogens with two attached hydrogens (primary N) is 1. The van der Waals surface area contributed by atoms with Gasteiger partial charge in [-0.2, -0.15) is 0 Å². The van der Waals surface area contributed by atoms with Crippen LogP contribution in [0.4, 0.5) is 0 Å². The third kappa shape index (κ3) is 2.43. The highest BCUT2D eigenvalue weighted by Crippen LogP contribution is 2.23. The smallest absolute Gasteiger partial charge is 0.253 e. The second-order valence-corrected chi connectivity index (χ2v) is 5.76. The maximum absolute atomic E-state index is 12.6. The largest absolute Gasteiger partial charge is 0.361 e. The number of hydrogen-bond acceptors (Lipinski definition) is 2. The minimum Gasteiger partial charge on any atom is -0.361 e. The van der Waals surface area contributed by atoms with E-state index in [4.69, 9.17) is 5.73 Å². The second kappa shape index (κ2) is 5.29. The molecule has 4 nitrogen and oxygen atoms in total. The fraction of sp³-hybridized carbons (Fsp3) is 0.438. The number of fused-ring (bicyclic) bond motifs is 1. The summed E-state index contributed by atoms with van der Waals surface area (Å²) in [5, 5.41) is 1.08. The monoisotopic (exact) mass is 271 g/mol. The first kappa shape index (κ1) is 13.2. The normalized spacial score (nSPS) is 22.9. The maximum Gasteiger partial charge on any atom is 0.253 e. The summed E-state index contributed by atoms with van der Waals surface area (Å²) in [4.78, 5) is 17.6. The first-order chi connectivity index (χ1) is 9.65. The van der Waals surface area contributed by atoms with Gasteiger partial charge in [-0.25, -0.2) is 0 Å². The van der Waals surface area contributed by atoms with Gasteiger partial charge in [0, 0.05) is 41.8 Å². The van der Waals surface area contributed by atoms with Crippen molar-refractivity contribution in [2.24, 2.45) is 5.73 Å². The Morgan fingerprint density at radius 3 is 2.75 bits per heavy atom. The fourth-order valence-electron chi connectivity index (χ4n) is 3.04. The number of rotatable bonds is 2. The molecule has 1 heterocycles. The number of aromatic amines is 1. The van der Waals surface area contributed by atoms with Crippen LogP contribution < -0.4 is 5.73 Å². The van der Waals surface area contributed by atoms with Gasteiger partial charge in [0.15, 0.2) is 0 Å². The standard InChI is InChI=1S/C16H21N3O/c1-19(14-5-3-13(17)4-6-14)16(20)12-2-7-15-11(10-12)8-9-18-15/h2,7-10,13-14,18H,3-6,17H2,1H3. The fourth-order valence-corrected chi connectivity index (χ4v) is 3.04. The first-order valence-electron chi connectivity index (χ1n) is 7.25. The molecule has 0 saturated heterocycles. The summed E-state index contributed by atoms with van der Waals surface area (Å²) in [5.74, 6) is 0.105. The van der Waals surface area contributed by atoms with Gasteiger partial charge >= 0.3 is 0 Å². The van der Waals surface area contributed by atoms with Gasteiger partial charge in [0.1, 0.15) is 0 Å². The van der Waals surface area contributed by atoms with Gasteiger partial charge in [0.2, 0.25) is 0 Å². The van der Waals surface area contributed by atoms with Crippen LogP contribution in [0.2, 0.25) is 0 Å². The quantitative estimate of drug-likeness (QED) is 0.881. The van der Waals surface area contributed by atoms with Gasteiger partial charge in [-0.15, -0.1) is 0 Å². The predicted octanol–water partition coefficient (Wildman–Crippen LogP) is 2.51. The van der Waals surface area contributed by atoms with Gasteiger partial charge in [-0.05, 0) is 49.9 Å². The van der Waals surface area contributed by atoms with Crippen molar-refractivity contribution in [2.75, 3.05) is 7.05 Å². The molecule has 4 heteroatoms. The Labute approximate surface area is 118 Å². The Bertz CT molecular complexity index is 611. The molecular formula is C16H21N3O. The van der Waals surface area contributed by atoms with Crippen LogP contribution in [0.15, 0.2) is 30.5 Å². The number of carbonyl (C=O) groups excluding carboxylic acids is 1. The Morgan fingerprint density at radius 1 is 1.25 bits per heavy atom. The molecule has 1 fully saturated rings. The van der Waals surface area contributed by atoms with Crippen molar-refractivity contribution in [2.45, 2.75) is 37.8 Å². The molecule has 0 radical (unpaired) electrons. The lowest BCUT2D eigenvalue weighted by molar-refractivity contribution is 0.0690. The molecule has 1 aliphatic carbocycles. The molecule has 106 valence electrons. The van der Waals surface area contributed by atoms with E-state index in [1.807, 2.05) is 42.4 Å².